The first-order chi connectivity index (χ1) is 11.2. The lowest BCUT2D eigenvalue weighted by Gasteiger charge is -2.26. The predicted octanol–water partition coefficient (Wildman–Crippen LogP) is 5.23. The molecule has 1 atom stereocenters. The smallest absolute Gasteiger partial charge is 0.199 e. The molecular formula is C20H26O2SSi. The molecule has 2 aromatic carbocycles. The molecular weight excluding hydrogens is 332 g/mol. The quantitative estimate of drug-likeness (QED) is 0.662. The highest BCUT2D eigenvalue weighted by molar-refractivity contribution is 7.94. The molecule has 0 saturated heterocycles. The molecule has 4 heteroatoms. The van der Waals surface area contributed by atoms with E-state index in [9.17, 15) is 8.42 Å². The Balaban J connectivity index is 2.25. The van der Waals surface area contributed by atoms with Gasteiger partial charge in [-0.25, -0.2) is 8.42 Å². The van der Waals surface area contributed by atoms with Gasteiger partial charge in [-0.3, -0.25) is 0 Å². The first kappa shape index (κ1) is 18.7. The molecule has 0 fully saturated rings. The summed E-state index contributed by atoms with van der Waals surface area (Å²) in [4.78, 5) is 0.360. The molecule has 128 valence electrons. The van der Waals surface area contributed by atoms with Crippen LogP contribution in [0, 0.1) is 6.92 Å². The third-order valence-corrected chi connectivity index (χ3v) is 8.32. The lowest BCUT2D eigenvalue weighted by Crippen LogP contribution is -2.28. The molecule has 24 heavy (non-hydrogen) atoms. The molecule has 0 bridgehead atoms. The van der Waals surface area contributed by atoms with Crippen LogP contribution in [0.4, 0.5) is 0 Å². The minimum absolute atomic E-state index is 0.278. The van der Waals surface area contributed by atoms with Crippen molar-refractivity contribution in [3.05, 3.63) is 77.2 Å². The van der Waals surface area contributed by atoms with E-state index >= 15 is 0 Å². The fourth-order valence-corrected chi connectivity index (χ4v) is 5.27. The minimum Gasteiger partial charge on any atom is -0.219 e. The maximum absolute atomic E-state index is 12.6. The zero-order valence-corrected chi connectivity index (χ0v) is 16.7. The van der Waals surface area contributed by atoms with E-state index in [1.807, 2.05) is 43.3 Å². The van der Waals surface area contributed by atoms with Gasteiger partial charge in [-0.1, -0.05) is 73.7 Å². The van der Waals surface area contributed by atoms with Gasteiger partial charge in [0.05, 0.1) is 13.0 Å². The summed E-state index contributed by atoms with van der Waals surface area (Å²) in [6, 6.07) is 17.3. The largest absolute Gasteiger partial charge is 0.219 e. The maximum Gasteiger partial charge on any atom is 0.199 e. The van der Waals surface area contributed by atoms with E-state index in [4.69, 9.17) is 0 Å². The van der Waals surface area contributed by atoms with Crippen LogP contribution in [0.3, 0.4) is 0 Å². The van der Waals surface area contributed by atoms with Gasteiger partial charge in [0.2, 0.25) is 0 Å². The lowest BCUT2D eigenvalue weighted by atomic mass is 10.1. The third kappa shape index (κ3) is 5.18. The summed E-state index contributed by atoms with van der Waals surface area (Å²) in [5.41, 5.74) is 2.59. The molecule has 0 N–H and O–H groups in total. The lowest BCUT2D eigenvalue weighted by molar-refractivity contribution is 0.604. The predicted molar refractivity (Wildman–Crippen MR) is 105 cm³/mol. The van der Waals surface area contributed by atoms with Crippen LogP contribution in [0.1, 0.15) is 11.1 Å². The molecule has 0 radical (unpaired) electrons. The molecule has 2 rings (SSSR count). The summed E-state index contributed by atoms with van der Waals surface area (Å²) in [5.74, 6) is 0. The summed E-state index contributed by atoms with van der Waals surface area (Å²) in [7, 11) is -4.91. The summed E-state index contributed by atoms with van der Waals surface area (Å²) in [6.45, 7) is 8.80. The van der Waals surface area contributed by atoms with E-state index in [-0.39, 0.29) is 5.54 Å². The van der Waals surface area contributed by atoms with Crippen LogP contribution in [0.25, 0.3) is 0 Å². The Labute approximate surface area is 147 Å². The summed E-state index contributed by atoms with van der Waals surface area (Å²) >= 11 is 0. The molecule has 0 aromatic heterocycles. The molecule has 0 saturated carbocycles. The number of rotatable bonds is 6. The number of hydrogen-bond donors (Lipinski definition) is 0. The fraction of sp³-hybridized carbons (Fsp3) is 0.300. The highest BCUT2D eigenvalue weighted by Crippen LogP contribution is 2.28. The first-order valence-electron chi connectivity index (χ1n) is 8.22. The van der Waals surface area contributed by atoms with Gasteiger partial charge >= 0.3 is 0 Å². The van der Waals surface area contributed by atoms with E-state index in [0.717, 1.165) is 12.0 Å². The summed E-state index contributed by atoms with van der Waals surface area (Å²) in [6.07, 6.45) is 2.80. The third-order valence-electron chi connectivity index (χ3n) is 4.25. The monoisotopic (exact) mass is 358 g/mol. The van der Waals surface area contributed by atoms with Crippen molar-refractivity contribution >= 4 is 17.9 Å². The van der Waals surface area contributed by atoms with Gasteiger partial charge in [0.1, 0.15) is 0 Å². The van der Waals surface area contributed by atoms with E-state index in [0.29, 0.717) is 4.90 Å². The van der Waals surface area contributed by atoms with Crippen LogP contribution < -0.4 is 0 Å². The molecule has 1 unspecified atom stereocenters. The Morgan fingerprint density at radius 2 is 1.54 bits per heavy atom. The molecule has 0 amide bonds. The van der Waals surface area contributed by atoms with E-state index in [1.165, 1.54) is 11.0 Å². The molecule has 0 aliphatic rings. The van der Waals surface area contributed by atoms with Crippen LogP contribution in [0.2, 0.25) is 25.2 Å². The molecule has 0 aliphatic heterocycles. The Kier molecular flexibility index (Phi) is 5.83. The van der Waals surface area contributed by atoms with Gasteiger partial charge < -0.3 is 0 Å². The van der Waals surface area contributed by atoms with Gasteiger partial charge in [-0.2, -0.15) is 0 Å². The second-order valence-corrected chi connectivity index (χ2v) is 14.7. The average Bonchev–Trinajstić information content (AvgIpc) is 2.52. The van der Waals surface area contributed by atoms with Crippen molar-refractivity contribution < 1.29 is 8.42 Å². The molecule has 0 heterocycles. The number of benzene rings is 2. The second-order valence-electron chi connectivity index (χ2n) is 7.35. The number of hydrogen-bond acceptors (Lipinski definition) is 2. The number of sulfone groups is 1. The van der Waals surface area contributed by atoms with Gasteiger partial charge in [-0.05, 0) is 36.6 Å². The van der Waals surface area contributed by atoms with Crippen molar-refractivity contribution in [2.45, 2.75) is 43.4 Å². The van der Waals surface area contributed by atoms with E-state index < -0.39 is 17.9 Å². The Bertz CT molecular complexity index is 786. The molecule has 2 nitrogen and oxygen atoms in total. The van der Waals surface area contributed by atoms with Crippen LogP contribution >= 0.6 is 0 Å². The van der Waals surface area contributed by atoms with Gasteiger partial charge in [-0.15, -0.1) is 0 Å². The molecule has 2 aromatic rings. The van der Waals surface area contributed by atoms with Crippen LogP contribution in [-0.4, -0.2) is 16.5 Å². The zero-order chi connectivity index (χ0) is 17.8. The Morgan fingerprint density at radius 3 is 2.08 bits per heavy atom. The Morgan fingerprint density at radius 1 is 0.958 bits per heavy atom. The van der Waals surface area contributed by atoms with Gasteiger partial charge in [0, 0.05) is 5.41 Å². The fourth-order valence-electron chi connectivity index (χ4n) is 2.54. The van der Waals surface area contributed by atoms with E-state index in [2.05, 4.69) is 31.8 Å². The van der Waals surface area contributed by atoms with Crippen molar-refractivity contribution in [1.29, 1.82) is 0 Å². The van der Waals surface area contributed by atoms with Crippen molar-refractivity contribution in [3.63, 3.8) is 0 Å². The van der Waals surface area contributed by atoms with Crippen molar-refractivity contribution in [1.82, 2.24) is 0 Å². The number of allylic oxidation sites excluding steroid dienone is 1. The normalized spacial score (nSPS) is 14.0. The van der Waals surface area contributed by atoms with E-state index in [1.54, 1.807) is 12.1 Å². The maximum atomic E-state index is 12.6. The van der Waals surface area contributed by atoms with Crippen molar-refractivity contribution in [3.8, 4) is 0 Å². The highest BCUT2D eigenvalue weighted by Gasteiger charge is 2.25. The minimum atomic E-state index is -3.38. The van der Waals surface area contributed by atoms with Crippen LogP contribution in [0.15, 0.2) is 71.0 Å². The SMILES string of the molecule is Cc1ccc(S(=O)(=O)/C=C/C(Cc2ccccc2)[Si](C)(C)C)cc1. The van der Waals surface area contributed by atoms with Crippen LogP contribution in [0.5, 0.6) is 0 Å². The van der Waals surface area contributed by atoms with Gasteiger partial charge in [0.25, 0.3) is 0 Å². The second kappa shape index (κ2) is 7.49. The van der Waals surface area contributed by atoms with Crippen LogP contribution in [-0.2, 0) is 16.3 Å². The summed E-state index contributed by atoms with van der Waals surface area (Å²) < 4.78 is 25.1. The summed E-state index contributed by atoms with van der Waals surface area (Å²) in [5, 5.41) is 1.41. The average molecular weight is 359 g/mol. The van der Waals surface area contributed by atoms with Gasteiger partial charge in [0.15, 0.2) is 9.84 Å². The van der Waals surface area contributed by atoms with Crippen molar-refractivity contribution in [2.24, 2.45) is 0 Å². The number of aryl methyl sites for hydroxylation is 1. The first-order valence-corrected chi connectivity index (χ1v) is 13.3. The standard InChI is InChI=1S/C20H26O2SSi/c1-17-10-12-19(13-11-17)23(21,22)15-14-20(24(2,3)4)16-18-8-6-5-7-9-18/h5-15,20H,16H2,1-4H3/b15-14+. The van der Waals surface area contributed by atoms with Crippen molar-refractivity contribution in [2.75, 3.05) is 0 Å². The Hall–Kier alpha value is -1.65. The molecule has 0 spiro atoms. The highest BCUT2D eigenvalue weighted by atomic mass is 32.2. The molecule has 0 aliphatic carbocycles. The zero-order valence-electron chi connectivity index (χ0n) is 14.9. The topological polar surface area (TPSA) is 34.1 Å².